The van der Waals surface area contributed by atoms with Crippen LogP contribution in [0.3, 0.4) is 0 Å². The summed E-state index contributed by atoms with van der Waals surface area (Å²) in [6.45, 7) is 0. The summed E-state index contributed by atoms with van der Waals surface area (Å²) in [6.07, 6.45) is 3.68. The number of nitrogens with zero attached hydrogens (tertiary/aromatic N) is 3. The SMILES string of the molecule is CN(C)c1ccc2ccnc(-c3ccccc3)c2c1.c1ccc2ncccc2c1. The molecule has 0 radical (unpaired) electrons. The Balaban J connectivity index is 0.000000171. The van der Waals surface area contributed by atoms with Crippen LogP contribution in [0.1, 0.15) is 0 Å². The van der Waals surface area contributed by atoms with Gasteiger partial charge in [-0.05, 0) is 35.7 Å². The highest BCUT2D eigenvalue weighted by molar-refractivity contribution is 5.96. The minimum Gasteiger partial charge on any atom is -0.378 e. The largest absolute Gasteiger partial charge is 0.378 e. The van der Waals surface area contributed by atoms with Gasteiger partial charge in [-0.3, -0.25) is 9.97 Å². The topological polar surface area (TPSA) is 29.0 Å². The van der Waals surface area contributed by atoms with Crippen molar-refractivity contribution in [1.29, 1.82) is 0 Å². The van der Waals surface area contributed by atoms with Gasteiger partial charge in [0.15, 0.2) is 0 Å². The van der Waals surface area contributed by atoms with Gasteiger partial charge in [0.25, 0.3) is 0 Å². The fourth-order valence-electron chi connectivity index (χ4n) is 3.28. The van der Waals surface area contributed by atoms with Crippen molar-refractivity contribution in [3.05, 3.63) is 103 Å². The molecule has 0 atom stereocenters. The molecule has 3 aromatic carbocycles. The van der Waals surface area contributed by atoms with Crippen LogP contribution >= 0.6 is 0 Å². The molecule has 5 rings (SSSR count). The van der Waals surface area contributed by atoms with Crippen molar-refractivity contribution < 1.29 is 0 Å². The third-order valence-electron chi connectivity index (χ3n) is 4.83. The number of hydrogen-bond acceptors (Lipinski definition) is 3. The van der Waals surface area contributed by atoms with E-state index in [1.54, 1.807) is 0 Å². The highest BCUT2D eigenvalue weighted by Crippen LogP contribution is 2.29. The molecule has 0 bridgehead atoms. The molecule has 0 aliphatic rings. The van der Waals surface area contributed by atoms with E-state index < -0.39 is 0 Å². The molecule has 3 heteroatoms. The van der Waals surface area contributed by atoms with Crippen LogP contribution in [0.4, 0.5) is 5.69 Å². The maximum Gasteiger partial charge on any atom is 0.0781 e. The first-order chi connectivity index (χ1) is 14.2. The number of benzene rings is 3. The normalized spacial score (nSPS) is 10.4. The monoisotopic (exact) mass is 377 g/mol. The molecule has 0 aliphatic carbocycles. The van der Waals surface area contributed by atoms with Gasteiger partial charge >= 0.3 is 0 Å². The molecule has 0 N–H and O–H groups in total. The zero-order valence-electron chi connectivity index (χ0n) is 16.7. The Morgan fingerprint density at radius 3 is 2.17 bits per heavy atom. The second kappa shape index (κ2) is 8.53. The first-order valence-electron chi connectivity index (χ1n) is 9.64. The predicted octanol–water partition coefficient (Wildman–Crippen LogP) is 6.20. The standard InChI is InChI=1S/C17H16N2.C9H7N/c1-19(2)15-9-8-13-10-11-18-17(16(13)12-15)14-6-4-3-5-7-14;1-2-6-9-8(4-1)5-3-7-10-9/h3-12H,1-2H3;1-7H. The van der Waals surface area contributed by atoms with E-state index in [9.17, 15) is 0 Å². The third kappa shape index (κ3) is 4.25. The highest BCUT2D eigenvalue weighted by atomic mass is 15.1. The van der Waals surface area contributed by atoms with Crippen molar-refractivity contribution in [2.45, 2.75) is 0 Å². The van der Waals surface area contributed by atoms with E-state index in [4.69, 9.17) is 0 Å². The van der Waals surface area contributed by atoms with E-state index in [1.807, 2.05) is 54.9 Å². The van der Waals surface area contributed by atoms with Crippen LogP contribution in [0, 0.1) is 0 Å². The lowest BCUT2D eigenvalue weighted by atomic mass is 10.0. The molecule has 0 aliphatic heterocycles. The van der Waals surface area contributed by atoms with E-state index in [2.05, 4.69) is 77.5 Å². The number of hydrogen-bond donors (Lipinski definition) is 0. The molecule has 0 saturated heterocycles. The Kier molecular flexibility index (Phi) is 5.48. The summed E-state index contributed by atoms with van der Waals surface area (Å²) in [6, 6.07) is 31.0. The van der Waals surface area contributed by atoms with Gasteiger partial charge in [-0.15, -0.1) is 0 Å². The number of rotatable bonds is 2. The Morgan fingerprint density at radius 2 is 1.38 bits per heavy atom. The summed E-state index contributed by atoms with van der Waals surface area (Å²) in [7, 11) is 4.11. The second-order valence-corrected chi connectivity index (χ2v) is 7.02. The number of anilines is 1. The van der Waals surface area contributed by atoms with Gasteiger partial charge in [0.05, 0.1) is 11.2 Å². The van der Waals surface area contributed by atoms with Crippen LogP contribution in [-0.2, 0) is 0 Å². The zero-order valence-corrected chi connectivity index (χ0v) is 16.7. The summed E-state index contributed by atoms with van der Waals surface area (Å²) < 4.78 is 0. The van der Waals surface area contributed by atoms with Crippen LogP contribution < -0.4 is 4.90 Å². The van der Waals surface area contributed by atoms with E-state index in [0.717, 1.165) is 16.8 Å². The second-order valence-electron chi connectivity index (χ2n) is 7.02. The predicted molar refractivity (Wildman–Crippen MR) is 123 cm³/mol. The molecule has 0 spiro atoms. The van der Waals surface area contributed by atoms with Gasteiger partial charge in [-0.25, -0.2) is 0 Å². The summed E-state index contributed by atoms with van der Waals surface area (Å²) >= 11 is 0. The summed E-state index contributed by atoms with van der Waals surface area (Å²) in [5, 5.41) is 3.62. The molecule has 2 heterocycles. The van der Waals surface area contributed by atoms with Gasteiger partial charge in [0.2, 0.25) is 0 Å². The van der Waals surface area contributed by atoms with Crippen molar-refractivity contribution >= 4 is 27.4 Å². The van der Waals surface area contributed by atoms with Crippen molar-refractivity contribution in [2.75, 3.05) is 19.0 Å². The Bertz CT molecular complexity index is 1170. The zero-order chi connectivity index (χ0) is 20.1. The number of pyridine rings is 2. The molecule has 29 heavy (non-hydrogen) atoms. The van der Waals surface area contributed by atoms with E-state index >= 15 is 0 Å². The van der Waals surface area contributed by atoms with E-state index in [-0.39, 0.29) is 0 Å². The van der Waals surface area contributed by atoms with Crippen LogP contribution in [0.5, 0.6) is 0 Å². The average molecular weight is 377 g/mol. The molecule has 3 nitrogen and oxygen atoms in total. The van der Waals surface area contributed by atoms with Gasteiger partial charge in [-0.2, -0.15) is 0 Å². The minimum absolute atomic E-state index is 1.04. The molecule has 0 amide bonds. The van der Waals surface area contributed by atoms with Crippen LogP contribution in [0.2, 0.25) is 0 Å². The van der Waals surface area contributed by atoms with Gasteiger partial charge in [0, 0.05) is 48.5 Å². The Hall–Kier alpha value is -3.72. The molecular formula is C26H23N3. The van der Waals surface area contributed by atoms with Crippen LogP contribution in [0.15, 0.2) is 103 Å². The van der Waals surface area contributed by atoms with Gasteiger partial charge in [-0.1, -0.05) is 60.7 Å². The first kappa shape index (κ1) is 18.6. The lowest BCUT2D eigenvalue weighted by Crippen LogP contribution is -2.08. The third-order valence-corrected chi connectivity index (χ3v) is 4.83. The van der Waals surface area contributed by atoms with Crippen LogP contribution in [0.25, 0.3) is 32.9 Å². The summed E-state index contributed by atoms with van der Waals surface area (Å²) in [4.78, 5) is 10.9. The lowest BCUT2D eigenvalue weighted by molar-refractivity contribution is 1.13. The maximum atomic E-state index is 4.56. The molecule has 142 valence electrons. The van der Waals surface area contributed by atoms with Crippen LogP contribution in [-0.4, -0.2) is 24.1 Å². The highest BCUT2D eigenvalue weighted by Gasteiger charge is 2.06. The van der Waals surface area contributed by atoms with Gasteiger partial charge < -0.3 is 4.90 Å². The summed E-state index contributed by atoms with van der Waals surface area (Å²) in [5.74, 6) is 0. The molecule has 2 aromatic heterocycles. The number of para-hydroxylation sites is 1. The maximum absolute atomic E-state index is 4.56. The van der Waals surface area contributed by atoms with Gasteiger partial charge in [0.1, 0.15) is 0 Å². The van der Waals surface area contributed by atoms with E-state index in [1.165, 1.54) is 21.8 Å². The quantitative estimate of drug-likeness (QED) is 0.367. The van der Waals surface area contributed by atoms with E-state index in [0.29, 0.717) is 0 Å². The molecule has 0 fully saturated rings. The summed E-state index contributed by atoms with van der Waals surface area (Å²) in [5.41, 5.74) is 4.45. The first-order valence-corrected chi connectivity index (χ1v) is 9.64. The molecule has 0 saturated carbocycles. The fraction of sp³-hybridized carbons (Fsp3) is 0.0769. The Morgan fingerprint density at radius 1 is 0.621 bits per heavy atom. The average Bonchev–Trinajstić information content (AvgIpc) is 2.79. The molecule has 5 aromatic rings. The molecule has 0 unspecified atom stereocenters. The lowest BCUT2D eigenvalue weighted by Gasteiger charge is -2.14. The van der Waals surface area contributed by atoms with Crippen molar-refractivity contribution in [2.24, 2.45) is 0 Å². The van der Waals surface area contributed by atoms with Crippen molar-refractivity contribution in [3.63, 3.8) is 0 Å². The van der Waals surface area contributed by atoms with Crippen molar-refractivity contribution in [3.8, 4) is 11.3 Å². The minimum atomic E-state index is 1.04. The van der Waals surface area contributed by atoms with Crippen molar-refractivity contribution in [1.82, 2.24) is 9.97 Å². The number of aromatic nitrogens is 2. The fourth-order valence-corrected chi connectivity index (χ4v) is 3.28. The Labute approximate surface area is 171 Å². The smallest absolute Gasteiger partial charge is 0.0781 e. The molecular weight excluding hydrogens is 354 g/mol. The number of fused-ring (bicyclic) bond motifs is 2.